The van der Waals surface area contributed by atoms with Crippen LogP contribution in [-0.2, 0) is 9.63 Å². The van der Waals surface area contributed by atoms with Crippen molar-refractivity contribution in [1.29, 1.82) is 0 Å². The molecular weight excluding hydrogens is 223 g/mol. The lowest BCUT2D eigenvalue weighted by Gasteiger charge is -2.38. The maximum atomic E-state index is 13.0. The molecule has 0 heterocycles. The Kier molecular flexibility index (Phi) is 3.83. The molecule has 0 aromatic heterocycles. The van der Waals surface area contributed by atoms with Crippen LogP contribution in [-0.4, -0.2) is 31.3 Å². The molecule has 1 saturated carbocycles. The predicted molar refractivity (Wildman–Crippen MR) is 51.4 cm³/mol. The van der Waals surface area contributed by atoms with Gasteiger partial charge in [0.05, 0.1) is 7.11 Å². The average Bonchev–Trinajstić information content (AvgIpc) is 2.26. The van der Waals surface area contributed by atoms with E-state index in [1.165, 1.54) is 14.2 Å². The molecule has 0 spiro atoms. The number of carbonyl (C=O) groups is 1. The fraction of sp³-hybridized carbons (Fsp3) is 0.900. The van der Waals surface area contributed by atoms with E-state index in [9.17, 15) is 18.0 Å². The second-order valence-corrected chi connectivity index (χ2v) is 4.13. The summed E-state index contributed by atoms with van der Waals surface area (Å²) in [5, 5.41) is 0.679. The summed E-state index contributed by atoms with van der Waals surface area (Å²) in [6, 6.07) is 0. The molecule has 0 atom stereocenters. The van der Waals surface area contributed by atoms with E-state index in [1.807, 2.05) is 0 Å². The third-order valence-corrected chi connectivity index (χ3v) is 3.22. The molecule has 0 aromatic carbocycles. The number of rotatable bonds is 2. The lowest BCUT2D eigenvalue weighted by atomic mass is 9.72. The first-order valence-corrected chi connectivity index (χ1v) is 5.24. The van der Waals surface area contributed by atoms with Gasteiger partial charge in [0.25, 0.3) is 5.91 Å². The number of nitrogens with zero attached hydrogens (tertiary/aromatic N) is 1. The first-order valence-electron chi connectivity index (χ1n) is 5.24. The maximum absolute atomic E-state index is 13.0. The quantitative estimate of drug-likeness (QED) is 0.693. The molecule has 0 bridgehead atoms. The predicted octanol–water partition coefficient (Wildman–Crippen LogP) is 2.52. The lowest BCUT2D eigenvalue weighted by Crippen LogP contribution is -2.52. The highest BCUT2D eigenvalue weighted by Crippen LogP contribution is 2.49. The van der Waals surface area contributed by atoms with Crippen molar-refractivity contribution in [1.82, 2.24) is 5.06 Å². The molecule has 0 aliphatic heterocycles. The van der Waals surface area contributed by atoms with E-state index in [2.05, 4.69) is 4.84 Å². The molecule has 1 aliphatic rings. The van der Waals surface area contributed by atoms with Crippen molar-refractivity contribution >= 4 is 5.91 Å². The fourth-order valence-corrected chi connectivity index (χ4v) is 2.16. The van der Waals surface area contributed by atoms with Crippen molar-refractivity contribution in [2.75, 3.05) is 14.2 Å². The van der Waals surface area contributed by atoms with Crippen molar-refractivity contribution in [3.05, 3.63) is 0 Å². The molecule has 1 amide bonds. The van der Waals surface area contributed by atoms with Crippen LogP contribution in [0.4, 0.5) is 13.2 Å². The molecule has 0 unspecified atom stereocenters. The van der Waals surface area contributed by atoms with E-state index in [1.54, 1.807) is 0 Å². The van der Waals surface area contributed by atoms with Crippen molar-refractivity contribution in [3.63, 3.8) is 0 Å². The van der Waals surface area contributed by atoms with Gasteiger partial charge in [0.15, 0.2) is 0 Å². The summed E-state index contributed by atoms with van der Waals surface area (Å²) in [5.41, 5.74) is -2.24. The van der Waals surface area contributed by atoms with Gasteiger partial charge in [-0.15, -0.1) is 0 Å². The van der Waals surface area contributed by atoms with E-state index in [-0.39, 0.29) is 12.8 Å². The molecular formula is C10H16F3NO2. The van der Waals surface area contributed by atoms with Gasteiger partial charge in [0.2, 0.25) is 0 Å². The molecule has 0 aromatic rings. The van der Waals surface area contributed by atoms with E-state index in [4.69, 9.17) is 0 Å². The topological polar surface area (TPSA) is 29.5 Å². The minimum Gasteiger partial charge on any atom is -0.275 e. The summed E-state index contributed by atoms with van der Waals surface area (Å²) in [6.07, 6.45) is -3.16. The second-order valence-electron chi connectivity index (χ2n) is 4.13. The summed E-state index contributed by atoms with van der Waals surface area (Å²) < 4.78 is 39.1. The Morgan fingerprint density at radius 2 is 1.75 bits per heavy atom. The number of carbonyl (C=O) groups excluding carboxylic acids is 1. The molecule has 6 heteroatoms. The zero-order valence-electron chi connectivity index (χ0n) is 9.43. The summed E-state index contributed by atoms with van der Waals surface area (Å²) in [7, 11) is 2.40. The summed E-state index contributed by atoms with van der Waals surface area (Å²) in [6.45, 7) is 0. The zero-order chi connectivity index (χ0) is 12.4. The summed E-state index contributed by atoms with van der Waals surface area (Å²) in [5.74, 6) is -0.984. The zero-order valence-corrected chi connectivity index (χ0v) is 9.43. The molecule has 1 fully saturated rings. The number of alkyl halides is 3. The second kappa shape index (κ2) is 4.61. The van der Waals surface area contributed by atoms with Crippen LogP contribution in [0.5, 0.6) is 0 Å². The molecule has 1 rings (SSSR count). The number of hydrogen-bond acceptors (Lipinski definition) is 2. The van der Waals surface area contributed by atoms with E-state index in [0.717, 1.165) is 6.42 Å². The van der Waals surface area contributed by atoms with Gasteiger partial charge in [-0.05, 0) is 12.8 Å². The van der Waals surface area contributed by atoms with Gasteiger partial charge < -0.3 is 0 Å². The normalized spacial score (nSPS) is 20.6. The van der Waals surface area contributed by atoms with Gasteiger partial charge in [-0.3, -0.25) is 9.63 Å². The van der Waals surface area contributed by atoms with Crippen molar-refractivity contribution in [2.24, 2.45) is 5.41 Å². The first kappa shape index (κ1) is 13.3. The van der Waals surface area contributed by atoms with Gasteiger partial charge in [-0.25, -0.2) is 5.06 Å². The highest BCUT2D eigenvalue weighted by molar-refractivity contribution is 5.82. The first-order chi connectivity index (χ1) is 7.35. The molecule has 0 N–H and O–H groups in total. The number of halogens is 3. The van der Waals surface area contributed by atoms with E-state index < -0.39 is 17.5 Å². The monoisotopic (exact) mass is 239 g/mol. The van der Waals surface area contributed by atoms with Crippen LogP contribution >= 0.6 is 0 Å². The largest absolute Gasteiger partial charge is 0.403 e. The van der Waals surface area contributed by atoms with Crippen molar-refractivity contribution < 1.29 is 22.8 Å². The SMILES string of the molecule is CON(C)C(=O)C1(C(F)(F)F)CCCCC1. The summed E-state index contributed by atoms with van der Waals surface area (Å²) in [4.78, 5) is 16.3. The van der Waals surface area contributed by atoms with Crippen molar-refractivity contribution in [2.45, 2.75) is 38.3 Å². The van der Waals surface area contributed by atoms with Crippen LogP contribution in [0.15, 0.2) is 0 Å². The number of hydrogen-bond donors (Lipinski definition) is 0. The minimum absolute atomic E-state index is 0.136. The molecule has 94 valence electrons. The average molecular weight is 239 g/mol. The van der Waals surface area contributed by atoms with E-state index in [0.29, 0.717) is 17.9 Å². The molecule has 16 heavy (non-hydrogen) atoms. The van der Waals surface area contributed by atoms with Crippen LogP contribution in [0.25, 0.3) is 0 Å². The van der Waals surface area contributed by atoms with Crippen LogP contribution in [0, 0.1) is 5.41 Å². The van der Waals surface area contributed by atoms with Gasteiger partial charge in [-0.2, -0.15) is 13.2 Å². The van der Waals surface area contributed by atoms with Crippen molar-refractivity contribution in [3.8, 4) is 0 Å². The Morgan fingerprint density at radius 3 is 2.12 bits per heavy atom. The third kappa shape index (κ3) is 2.16. The summed E-state index contributed by atoms with van der Waals surface area (Å²) >= 11 is 0. The Balaban J connectivity index is 2.99. The highest BCUT2D eigenvalue weighted by Gasteiger charge is 2.60. The molecule has 0 radical (unpaired) electrons. The maximum Gasteiger partial charge on any atom is 0.403 e. The van der Waals surface area contributed by atoms with Crippen LogP contribution in [0.3, 0.4) is 0 Å². The van der Waals surface area contributed by atoms with Crippen LogP contribution in [0.1, 0.15) is 32.1 Å². The molecule has 1 aliphatic carbocycles. The van der Waals surface area contributed by atoms with Gasteiger partial charge in [-0.1, -0.05) is 19.3 Å². The third-order valence-electron chi connectivity index (χ3n) is 3.22. The minimum atomic E-state index is -4.50. The van der Waals surface area contributed by atoms with Crippen LogP contribution in [0.2, 0.25) is 0 Å². The highest BCUT2D eigenvalue weighted by atomic mass is 19.4. The fourth-order valence-electron chi connectivity index (χ4n) is 2.16. The standard InChI is InChI=1S/C10H16F3NO2/c1-14(16-2)8(15)9(10(11,12)13)6-4-3-5-7-9/h3-7H2,1-2H3. The van der Waals surface area contributed by atoms with Crippen LogP contribution < -0.4 is 0 Å². The Bertz CT molecular complexity index is 259. The van der Waals surface area contributed by atoms with E-state index >= 15 is 0 Å². The number of hydroxylamine groups is 2. The molecule has 3 nitrogen and oxygen atoms in total. The molecule has 0 saturated heterocycles. The Labute approximate surface area is 92.5 Å². The van der Waals surface area contributed by atoms with Gasteiger partial charge in [0, 0.05) is 7.05 Å². The smallest absolute Gasteiger partial charge is 0.275 e. The Hall–Kier alpha value is -0.780. The van der Waals surface area contributed by atoms with Gasteiger partial charge in [0.1, 0.15) is 5.41 Å². The van der Waals surface area contributed by atoms with Gasteiger partial charge >= 0.3 is 6.18 Å². The Morgan fingerprint density at radius 1 is 1.25 bits per heavy atom. The number of amides is 1. The lowest BCUT2D eigenvalue weighted by molar-refractivity contribution is -0.250.